The van der Waals surface area contributed by atoms with Gasteiger partial charge >= 0.3 is 5.69 Å². The van der Waals surface area contributed by atoms with E-state index in [1.165, 1.54) is 19.2 Å². The number of hydrogen-bond donors (Lipinski definition) is 2. The van der Waals surface area contributed by atoms with Gasteiger partial charge in [0.25, 0.3) is 0 Å². The summed E-state index contributed by atoms with van der Waals surface area (Å²) in [5.74, 6) is -0.274. The molecule has 0 saturated carbocycles. The molecule has 0 bridgehead atoms. The van der Waals surface area contributed by atoms with Crippen molar-refractivity contribution < 1.29 is 14.5 Å². The number of halogens is 1. The Kier molecular flexibility index (Phi) is 7.56. The Morgan fingerprint density at radius 1 is 1.55 bits per heavy atom. The SMILES string of the molecule is COc1ccc(CNC(=O)C(C)CN)cc1[N+](=O)[O-].Cl. The Morgan fingerprint density at radius 2 is 2.20 bits per heavy atom. The lowest BCUT2D eigenvalue weighted by Gasteiger charge is -2.10. The Morgan fingerprint density at radius 3 is 2.70 bits per heavy atom. The number of hydrogen-bond acceptors (Lipinski definition) is 5. The molecule has 0 aliphatic heterocycles. The summed E-state index contributed by atoms with van der Waals surface area (Å²) in [6.45, 7) is 2.19. The molecule has 0 aliphatic carbocycles. The molecule has 1 atom stereocenters. The summed E-state index contributed by atoms with van der Waals surface area (Å²) in [7, 11) is 1.37. The number of methoxy groups -OCH3 is 1. The van der Waals surface area contributed by atoms with Gasteiger partial charge in [-0.15, -0.1) is 12.4 Å². The fraction of sp³-hybridized carbons (Fsp3) is 0.417. The van der Waals surface area contributed by atoms with Crippen LogP contribution in [0.5, 0.6) is 5.75 Å². The number of nitrogens with one attached hydrogen (secondary N) is 1. The number of nitro benzene ring substituents is 1. The van der Waals surface area contributed by atoms with Gasteiger partial charge in [-0.3, -0.25) is 14.9 Å². The molecule has 7 nitrogen and oxygen atoms in total. The van der Waals surface area contributed by atoms with Crippen LogP contribution in [0.25, 0.3) is 0 Å². The van der Waals surface area contributed by atoms with E-state index in [4.69, 9.17) is 10.5 Å². The minimum absolute atomic E-state index is 0. The number of nitrogens with zero attached hydrogens (tertiary/aromatic N) is 1. The first kappa shape index (κ1) is 18.1. The summed E-state index contributed by atoms with van der Waals surface area (Å²) >= 11 is 0. The predicted molar refractivity (Wildman–Crippen MR) is 77.0 cm³/mol. The van der Waals surface area contributed by atoms with E-state index in [9.17, 15) is 14.9 Å². The van der Waals surface area contributed by atoms with Crippen molar-refractivity contribution in [2.24, 2.45) is 11.7 Å². The summed E-state index contributed by atoms with van der Waals surface area (Å²) in [5, 5.41) is 13.5. The summed E-state index contributed by atoms with van der Waals surface area (Å²) in [4.78, 5) is 21.9. The zero-order valence-corrected chi connectivity index (χ0v) is 12.1. The maximum absolute atomic E-state index is 11.5. The Hall–Kier alpha value is -1.86. The minimum Gasteiger partial charge on any atom is -0.490 e. The highest BCUT2D eigenvalue weighted by molar-refractivity contribution is 5.85. The molecule has 20 heavy (non-hydrogen) atoms. The van der Waals surface area contributed by atoms with E-state index < -0.39 is 4.92 Å². The molecule has 0 aromatic heterocycles. The first-order valence-corrected chi connectivity index (χ1v) is 5.78. The molecule has 1 unspecified atom stereocenters. The average molecular weight is 304 g/mol. The van der Waals surface area contributed by atoms with E-state index in [0.717, 1.165) is 0 Å². The second kappa shape index (κ2) is 8.34. The Labute approximate surface area is 123 Å². The lowest BCUT2D eigenvalue weighted by Crippen LogP contribution is -2.32. The second-order valence-corrected chi connectivity index (χ2v) is 4.12. The summed E-state index contributed by atoms with van der Waals surface area (Å²) < 4.78 is 4.90. The molecule has 0 heterocycles. The molecule has 8 heteroatoms. The van der Waals surface area contributed by atoms with Gasteiger partial charge in [0.2, 0.25) is 5.91 Å². The molecule has 1 aromatic carbocycles. The number of benzene rings is 1. The van der Waals surface area contributed by atoms with Crippen molar-refractivity contribution in [3.8, 4) is 5.75 Å². The smallest absolute Gasteiger partial charge is 0.311 e. The molecular weight excluding hydrogens is 286 g/mol. The Bertz CT molecular complexity index is 482. The highest BCUT2D eigenvalue weighted by atomic mass is 35.5. The van der Waals surface area contributed by atoms with Crippen LogP contribution < -0.4 is 15.8 Å². The van der Waals surface area contributed by atoms with E-state index in [1.807, 2.05) is 0 Å². The highest BCUT2D eigenvalue weighted by Crippen LogP contribution is 2.27. The van der Waals surface area contributed by atoms with Crippen LogP contribution in [0.3, 0.4) is 0 Å². The predicted octanol–water partition coefficient (Wildman–Crippen LogP) is 1.24. The van der Waals surface area contributed by atoms with Gasteiger partial charge in [0, 0.05) is 25.1 Å². The van der Waals surface area contributed by atoms with Crippen LogP contribution in [0.4, 0.5) is 5.69 Å². The third kappa shape index (κ3) is 4.67. The Balaban J connectivity index is 0.00000361. The van der Waals surface area contributed by atoms with Crippen molar-refractivity contribution in [2.45, 2.75) is 13.5 Å². The molecule has 1 rings (SSSR count). The van der Waals surface area contributed by atoms with E-state index in [1.54, 1.807) is 13.0 Å². The zero-order valence-electron chi connectivity index (χ0n) is 11.3. The molecule has 0 aliphatic rings. The topological polar surface area (TPSA) is 107 Å². The maximum Gasteiger partial charge on any atom is 0.311 e. The van der Waals surface area contributed by atoms with Gasteiger partial charge in [-0.05, 0) is 11.6 Å². The van der Waals surface area contributed by atoms with Gasteiger partial charge in [-0.1, -0.05) is 13.0 Å². The van der Waals surface area contributed by atoms with Gasteiger partial charge in [-0.25, -0.2) is 0 Å². The minimum atomic E-state index is -0.521. The average Bonchev–Trinajstić information content (AvgIpc) is 2.43. The number of carbonyl (C=O) groups excluding carboxylic acids is 1. The molecule has 0 fully saturated rings. The first-order chi connectivity index (χ1) is 8.99. The lowest BCUT2D eigenvalue weighted by molar-refractivity contribution is -0.385. The van der Waals surface area contributed by atoms with Crippen molar-refractivity contribution in [1.82, 2.24) is 5.32 Å². The number of carbonyl (C=O) groups is 1. The first-order valence-electron chi connectivity index (χ1n) is 5.78. The molecule has 112 valence electrons. The van der Waals surface area contributed by atoms with Gasteiger partial charge in [-0.2, -0.15) is 0 Å². The van der Waals surface area contributed by atoms with Crippen LogP contribution in [0, 0.1) is 16.0 Å². The number of rotatable bonds is 6. The third-order valence-corrected chi connectivity index (χ3v) is 2.71. The summed E-state index contributed by atoms with van der Waals surface area (Å²) in [6, 6.07) is 4.55. The van der Waals surface area contributed by atoms with Crippen LogP contribution in [0.1, 0.15) is 12.5 Å². The molecule has 3 N–H and O–H groups in total. The van der Waals surface area contributed by atoms with Crippen LogP contribution in [-0.2, 0) is 11.3 Å². The van der Waals surface area contributed by atoms with Crippen molar-refractivity contribution in [3.05, 3.63) is 33.9 Å². The van der Waals surface area contributed by atoms with Crippen LogP contribution >= 0.6 is 12.4 Å². The number of nitro groups is 1. The van der Waals surface area contributed by atoms with E-state index in [2.05, 4.69) is 5.32 Å². The summed E-state index contributed by atoms with van der Waals surface area (Å²) in [6.07, 6.45) is 0. The van der Waals surface area contributed by atoms with E-state index in [0.29, 0.717) is 5.56 Å². The molecule has 1 aromatic rings. The van der Waals surface area contributed by atoms with E-state index in [-0.39, 0.29) is 48.8 Å². The van der Waals surface area contributed by atoms with Crippen molar-refractivity contribution in [1.29, 1.82) is 0 Å². The van der Waals surface area contributed by atoms with Crippen molar-refractivity contribution in [3.63, 3.8) is 0 Å². The second-order valence-electron chi connectivity index (χ2n) is 4.12. The van der Waals surface area contributed by atoms with Crippen LogP contribution in [0.15, 0.2) is 18.2 Å². The third-order valence-electron chi connectivity index (χ3n) is 2.71. The normalized spacial score (nSPS) is 11.2. The number of nitrogens with two attached hydrogens (primary N) is 1. The maximum atomic E-state index is 11.5. The van der Waals surface area contributed by atoms with Crippen LogP contribution in [-0.4, -0.2) is 24.5 Å². The molecule has 0 spiro atoms. The molecule has 0 saturated heterocycles. The van der Waals surface area contributed by atoms with Crippen molar-refractivity contribution in [2.75, 3.05) is 13.7 Å². The summed E-state index contributed by atoms with van der Waals surface area (Å²) in [5.41, 5.74) is 5.88. The van der Waals surface area contributed by atoms with Gasteiger partial charge < -0.3 is 15.8 Å². The van der Waals surface area contributed by atoms with Crippen molar-refractivity contribution >= 4 is 24.0 Å². The molecule has 1 amide bonds. The largest absolute Gasteiger partial charge is 0.490 e. The van der Waals surface area contributed by atoms with Gasteiger partial charge in [0.15, 0.2) is 5.75 Å². The number of ether oxygens (including phenoxy) is 1. The monoisotopic (exact) mass is 303 g/mol. The highest BCUT2D eigenvalue weighted by Gasteiger charge is 2.16. The molecular formula is C12H18ClN3O4. The lowest BCUT2D eigenvalue weighted by atomic mass is 10.1. The fourth-order valence-electron chi connectivity index (χ4n) is 1.46. The van der Waals surface area contributed by atoms with E-state index >= 15 is 0 Å². The fourth-order valence-corrected chi connectivity index (χ4v) is 1.46. The van der Waals surface area contributed by atoms with Gasteiger partial charge in [0.05, 0.1) is 12.0 Å². The number of amides is 1. The standard InChI is InChI=1S/C12H17N3O4.ClH/c1-8(6-13)12(16)14-7-9-3-4-11(19-2)10(5-9)15(17)18;/h3-5,8H,6-7,13H2,1-2H3,(H,14,16);1H. The quantitative estimate of drug-likeness (QED) is 0.607. The van der Waals surface area contributed by atoms with Gasteiger partial charge in [0.1, 0.15) is 0 Å². The molecule has 0 radical (unpaired) electrons. The van der Waals surface area contributed by atoms with Crippen LogP contribution in [0.2, 0.25) is 0 Å². The zero-order chi connectivity index (χ0) is 14.4.